The van der Waals surface area contributed by atoms with Crippen molar-refractivity contribution in [2.24, 2.45) is 5.73 Å². The second kappa shape index (κ2) is 6.36. The van der Waals surface area contributed by atoms with Gasteiger partial charge in [-0.1, -0.05) is 11.8 Å². The summed E-state index contributed by atoms with van der Waals surface area (Å²) >= 11 is 1.36. The first-order valence-corrected chi connectivity index (χ1v) is 6.87. The second-order valence-corrected chi connectivity index (χ2v) is 5.15. The summed E-state index contributed by atoms with van der Waals surface area (Å²) in [5.74, 6) is 5.63. The van der Waals surface area contributed by atoms with Gasteiger partial charge in [0.15, 0.2) is 0 Å². The molecule has 0 aliphatic carbocycles. The lowest BCUT2D eigenvalue weighted by Crippen LogP contribution is -2.33. The van der Waals surface area contributed by atoms with Gasteiger partial charge in [0.2, 0.25) is 5.91 Å². The molecule has 6 heteroatoms. The van der Waals surface area contributed by atoms with Crippen molar-refractivity contribution in [2.75, 3.05) is 26.2 Å². The minimum absolute atomic E-state index is 0.00372. The molecule has 2 rings (SSSR count). The van der Waals surface area contributed by atoms with Crippen LogP contribution in [0.5, 0.6) is 0 Å². The summed E-state index contributed by atoms with van der Waals surface area (Å²) in [6.07, 6.45) is 0.358. The third-order valence-electron chi connectivity index (χ3n) is 2.73. The van der Waals surface area contributed by atoms with Crippen molar-refractivity contribution in [3.8, 4) is 11.8 Å². The van der Waals surface area contributed by atoms with E-state index in [-0.39, 0.29) is 11.8 Å². The highest BCUT2D eigenvalue weighted by Gasteiger charge is 2.20. The van der Waals surface area contributed by atoms with Crippen molar-refractivity contribution in [3.05, 3.63) is 21.9 Å². The zero-order chi connectivity index (χ0) is 13.7. The van der Waals surface area contributed by atoms with Gasteiger partial charge in [0.05, 0.1) is 16.3 Å². The first kappa shape index (κ1) is 13.6. The van der Waals surface area contributed by atoms with E-state index < -0.39 is 0 Å². The molecule has 2 amide bonds. The molecular formula is C13H15N3O2S. The standard InChI is InChI=1S/C13H15N3O2S/c14-6-1-2-10-3-4-11(19-10)13(18)16-8-5-12(17)15-7-9-16/h3-4H,5-9,14H2,(H,15,17). The smallest absolute Gasteiger partial charge is 0.264 e. The Kier molecular flexibility index (Phi) is 4.55. The Morgan fingerprint density at radius 2 is 2.32 bits per heavy atom. The maximum Gasteiger partial charge on any atom is 0.264 e. The largest absolute Gasteiger partial charge is 0.354 e. The highest BCUT2D eigenvalue weighted by molar-refractivity contribution is 7.14. The van der Waals surface area contributed by atoms with E-state index in [1.807, 2.05) is 6.07 Å². The van der Waals surface area contributed by atoms with E-state index in [1.165, 1.54) is 11.3 Å². The quantitative estimate of drug-likeness (QED) is 0.711. The molecule has 5 nitrogen and oxygen atoms in total. The Morgan fingerprint density at radius 1 is 1.47 bits per heavy atom. The van der Waals surface area contributed by atoms with Crippen LogP contribution in [-0.4, -0.2) is 42.9 Å². The maximum absolute atomic E-state index is 12.3. The topological polar surface area (TPSA) is 75.4 Å². The van der Waals surface area contributed by atoms with Gasteiger partial charge in [-0.2, -0.15) is 0 Å². The Hall–Kier alpha value is -1.84. The molecule has 1 fully saturated rings. The molecule has 2 heterocycles. The van der Waals surface area contributed by atoms with Crippen molar-refractivity contribution >= 4 is 23.2 Å². The summed E-state index contributed by atoms with van der Waals surface area (Å²) < 4.78 is 0. The average molecular weight is 277 g/mol. The minimum atomic E-state index is -0.0395. The van der Waals surface area contributed by atoms with Gasteiger partial charge in [-0.3, -0.25) is 9.59 Å². The molecule has 0 aromatic carbocycles. The summed E-state index contributed by atoms with van der Waals surface area (Å²) in [4.78, 5) is 26.7. The Morgan fingerprint density at radius 3 is 3.11 bits per heavy atom. The highest BCUT2D eigenvalue weighted by atomic mass is 32.1. The fraction of sp³-hybridized carbons (Fsp3) is 0.385. The van der Waals surface area contributed by atoms with Crippen LogP contribution in [0.3, 0.4) is 0 Å². The predicted molar refractivity (Wildman–Crippen MR) is 73.8 cm³/mol. The summed E-state index contributed by atoms with van der Waals surface area (Å²) in [5.41, 5.74) is 5.31. The number of nitrogens with zero attached hydrogens (tertiary/aromatic N) is 1. The van der Waals surface area contributed by atoms with Crippen molar-refractivity contribution < 1.29 is 9.59 Å². The Labute approximate surface area is 115 Å². The lowest BCUT2D eigenvalue weighted by atomic mass is 10.3. The van der Waals surface area contributed by atoms with Gasteiger partial charge in [-0.25, -0.2) is 0 Å². The summed E-state index contributed by atoms with van der Waals surface area (Å²) in [6.45, 7) is 1.83. The third kappa shape index (κ3) is 3.56. The van der Waals surface area contributed by atoms with Crippen LogP contribution >= 0.6 is 11.3 Å². The second-order valence-electron chi connectivity index (χ2n) is 4.06. The van der Waals surface area contributed by atoms with Crippen LogP contribution < -0.4 is 11.1 Å². The third-order valence-corrected chi connectivity index (χ3v) is 3.72. The van der Waals surface area contributed by atoms with E-state index in [0.29, 0.717) is 37.5 Å². The Bertz CT molecular complexity index is 542. The number of hydrogen-bond donors (Lipinski definition) is 2. The zero-order valence-electron chi connectivity index (χ0n) is 10.4. The highest BCUT2D eigenvalue weighted by Crippen LogP contribution is 2.18. The van der Waals surface area contributed by atoms with Gasteiger partial charge < -0.3 is 16.0 Å². The van der Waals surface area contributed by atoms with Crippen molar-refractivity contribution in [1.82, 2.24) is 10.2 Å². The van der Waals surface area contributed by atoms with Gasteiger partial charge in [-0.05, 0) is 12.1 Å². The molecule has 0 bridgehead atoms. The van der Waals surface area contributed by atoms with Crippen molar-refractivity contribution in [1.29, 1.82) is 0 Å². The number of amides is 2. The van der Waals surface area contributed by atoms with Gasteiger partial charge in [0.1, 0.15) is 0 Å². The number of thiophene rings is 1. The monoisotopic (exact) mass is 277 g/mol. The van der Waals surface area contributed by atoms with Crippen LogP contribution in [0.2, 0.25) is 0 Å². The number of carbonyl (C=O) groups is 2. The van der Waals surface area contributed by atoms with Crippen molar-refractivity contribution in [2.45, 2.75) is 6.42 Å². The first-order chi connectivity index (χ1) is 9.20. The van der Waals surface area contributed by atoms with Crippen LogP contribution in [0.4, 0.5) is 0 Å². The lowest BCUT2D eigenvalue weighted by Gasteiger charge is -2.18. The van der Waals surface area contributed by atoms with Gasteiger partial charge in [0, 0.05) is 26.1 Å². The molecule has 1 saturated heterocycles. The fourth-order valence-corrected chi connectivity index (χ4v) is 2.63. The molecule has 3 N–H and O–H groups in total. The lowest BCUT2D eigenvalue weighted by molar-refractivity contribution is -0.120. The number of carbonyl (C=O) groups excluding carboxylic acids is 2. The van der Waals surface area contributed by atoms with Crippen molar-refractivity contribution in [3.63, 3.8) is 0 Å². The molecule has 19 heavy (non-hydrogen) atoms. The summed E-state index contributed by atoms with van der Waals surface area (Å²) in [7, 11) is 0. The molecule has 0 unspecified atom stereocenters. The molecule has 1 aromatic heterocycles. The molecule has 0 radical (unpaired) electrons. The van der Waals surface area contributed by atoms with Crippen LogP contribution in [0, 0.1) is 11.8 Å². The van der Waals surface area contributed by atoms with Crippen LogP contribution in [0.15, 0.2) is 12.1 Å². The molecule has 1 aliphatic heterocycles. The average Bonchev–Trinajstić information content (AvgIpc) is 2.78. The van der Waals surface area contributed by atoms with E-state index in [9.17, 15) is 9.59 Å². The normalized spacial score (nSPS) is 15.2. The minimum Gasteiger partial charge on any atom is -0.354 e. The molecule has 0 spiro atoms. The molecule has 1 aliphatic rings. The first-order valence-electron chi connectivity index (χ1n) is 6.05. The molecular weight excluding hydrogens is 262 g/mol. The number of rotatable bonds is 1. The van der Waals surface area contributed by atoms with E-state index in [1.54, 1.807) is 11.0 Å². The van der Waals surface area contributed by atoms with E-state index in [4.69, 9.17) is 5.73 Å². The van der Waals surface area contributed by atoms with Crippen LogP contribution in [0.1, 0.15) is 21.0 Å². The van der Waals surface area contributed by atoms with Crippen LogP contribution in [-0.2, 0) is 4.79 Å². The molecule has 1 aromatic rings. The van der Waals surface area contributed by atoms with E-state index >= 15 is 0 Å². The Balaban J connectivity index is 2.06. The van der Waals surface area contributed by atoms with Gasteiger partial charge >= 0.3 is 0 Å². The van der Waals surface area contributed by atoms with Gasteiger partial charge in [-0.15, -0.1) is 11.3 Å². The molecule has 0 atom stereocenters. The number of nitrogens with one attached hydrogen (secondary N) is 1. The summed E-state index contributed by atoms with van der Waals surface area (Å²) in [6, 6.07) is 3.59. The molecule has 0 saturated carbocycles. The van der Waals surface area contributed by atoms with Crippen LogP contribution in [0.25, 0.3) is 0 Å². The number of nitrogens with two attached hydrogens (primary N) is 1. The molecule has 100 valence electrons. The summed E-state index contributed by atoms with van der Waals surface area (Å²) in [5, 5.41) is 2.75. The maximum atomic E-state index is 12.3. The van der Waals surface area contributed by atoms with E-state index in [0.717, 1.165) is 4.88 Å². The number of hydrogen-bond acceptors (Lipinski definition) is 4. The predicted octanol–water partition coefficient (Wildman–Crippen LogP) is 0.0204. The fourth-order valence-electron chi connectivity index (χ4n) is 1.78. The SMILES string of the molecule is NCC#Cc1ccc(C(=O)N2CCNC(=O)CC2)s1. The zero-order valence-corrected chi connectivity index (χ0v) is 11.3. The van der Waals surface area contributed by atoms with E-state index in [2.05, 4.69) is 17.2 Å². The van der Waals surface area contributed by atoms with Gasteiger partial charge in [0.25, 0.3) is 5.91 Å².